The monoisotopic (exact) mass is 334 g/mol. The Morgan fingerprint density at radius 3 is 2.79 bits per heavy atom. The molecule has 1 aromatic carbocycles. The van der Waals surface area contributed by atoms with Gasteiger partial charge in [-0.2, -0.15) is 0 Å². The summed E-state index contributed by atoms with van der Waals surface area (Å²) in [5.41, 5.74) is 0.00619. The lowest BCUT2D eigenvalue weighted by Crippen LogP contribution is -2.25. The topological polar surface area (TPSA) is 64.4 Å². The van der Waals surface area contributed by atoms with Crippen LogP contribution >= 0.6 is 15.9 Å². The third-order valence-corrected chi connectivity index (χ3v) is 3.21. The van der Waals surface area contributed by atoms with Crippen LogP contribution in [-0.4, -0.2) is 24.7 Å². The van der Waals surface area contributed by atoms with Crippen molar-refractivity contribution in [2.24, 2.45) is 0 Å². The zero-order valence-corrected chi connectivity index (χ0v) is 12.4. The number of ether oxygens (including phenoxy) is 1. The molecule has 0 radical (unpaired) electrons. The summed E-state index contributed by atoms with van der Waals surface area (Å²) in [5, 5.41) is 13.9. The fourth-order valence-corrected chi connectivity index (χ4v) is 2.10. The highest BCUT2D eigenvalue weighted by Crippen LogP contribution is 2.31. The summed E-state index contributed by atoms with van der Waals surface area (Å²) in [7, 11) is 1.56. The van der Waals surface area contributed by atoms with Crippen LogP contribution in [0.15, 0.2) is 16.6 Å². The molecule has 0 aliphatic carbocycles. The van der Waals surface area contributed by atoms with Gasteiger partial charge in [-0.25, -0.2) is 4.39 Å². The number of halogens is 2. The Hall–Kier alpha value is -1.21. The van der Waals surface area contributed by atoms with Gasteiger partial charge in [0.1, 0.15) is 11.5 Å². The van der Waals surface area contributed by atoms with Crippen LogP contribution in [0.5, 0.6) is 0 Å². The Labute approximate surface area is 119 Å². The Morgan fingerprint density at radius 1 is 1.58 bits per heavy atom. The fourth-order valence-electron chi connectivity index (χ4n) is 1.77. The van der Waals surface area contributed by atoms with Gasteiger partial charge in [0.25, 0.3) is 5.69 Å². The molecule has 19 heavy (non-hydrogen) atoms. The largest absolute Gasteiger partial charge is 0.383 e. The van der Waals surface area contributed by atoms with Gasteiger partial charge in [0.15, 0.2) is 0 Å². The lowest BCUT2D eigenvalue weighted by Gasteiger charge is -2.18. The standard InChI is InChI=1S/C12H16BrFN2O3/c1-3-4-8(7-19-2)15-11-6-10(14)9(13)5-12(11)16(17)18/h5-6,8,15H,3-4,7H2,1-2H3. The molecule has 0 aromatic heterocycles. The van der Waals surface area contributed by atoms with Crippen molar-refractivity contribution in [2.75, 3.05) is 19.0 Å². The number of hydrogen-bond acceptors (Lipinski definition) is 4. The number of rotatable bonds is 7. The number of nitrogens with one attached hydrogen (secondary N) is 1. The maximum Gasteiger partial charge on any atom is 0.293 e. The first-order chi connectivity index (χ1) is 8.99. The van der Waals surface area contributed by atoms with E-state index in [4.69, 9.17) is 4.74 Å². The lowest BCUT2D eigenvalue weighted by atomic mass is 10.1. The van der Waals surface area contributed by atoms with Crippen molar-refractivity contribution in [1.29, 1.82) is 0 Å². The summed E-state index contributed by atoms with van der Waals surface area (Å²) in [6.07, 6.45) is 1.68. The highest BCUT2D eigenvalue weighted by atomic mass is 79.9. The van der Waals surface area contributed by atoms with Gasteiger partial charge in [-0.3, -0.25) is 10.1 Å². The Balaban J connectivity index is 3.03. The number of hydrogen-bond donors (Lipinski definition) is 1. The average molecular weight is 335 g/mol. The van der Waals surface area contributed by atoms with E-state index in [1.54, 1.807) is 7.11 Å². The van der Waals surface area contributed by atoms with Crippen molar-refractivity contribution in [3.63, 3.8) is 0 Å². The molecule has 0 bridgehead atoms. The van der Waals surface area contributed by atoms with Gasteiger partial charge in [-0.05, 0) is 22.4 Å². The molecule has 0 amide bonds. The van der Waals surface area contributed by atoms with Gasteiger partial charge in [0, 0.05) is 25.3 Å². The van der Waals surface area contributed by atoms with E-state index >= 15 is 0 Å². The first-order valence-electron chi connectivity index (χ1n) is 5.88. The second-order valence-electron chi connectivity index (χ2n) is 4.13. The summed E-state index contributed by atoms with van der Waals surface area (Å²) in [6.45, 7) is 2.41. The second kappa shape index (κ2) is 7.40. The number of methoxy groups -OCH3 is 1. The van der Waals surface area contributed by atoms with Crippen molar-refractivity contribution >= 4 is 27.3 Å². The third kappa shape index (κ3) is 4.43. The molecule has 1 aromatic rings. The van der Waals surface area contributed by atoms with Gasteiger partial charge in [-0.1, -0.05) is 13.3 Å². The number of nitrogens with zero attached hydrogens (tertiary/aromatic N) is 1. The van der Waals surface area contributed by atoms with Crippen LogP contribution in [0.1, 0.15) is 19.8 Å². The van der Waals surface area contributed by atoms with E-state index in [-0.39, 0.29) is 21.9 Å². The number of nitro benzene ring substituents is 1. The maximum atomic E-state index is 13.5. The van der Waals surface area contributed by atoms with Crippen molar-refractivity contribution in [1.82, 2.24) is 0 Å². The van der Waals surface area contributed by atoms with E-state index in [9.17, 15) is 14.5 Å². The molecular weight excluding hydrogens is 319 g/mol. The van der Waals surface area contributed by atoms with Crippen LogP contribution in [0, 0.1) is 15.9 Å². The Kier molecular flexibility index (Phi) is 6.17. The molecule has 0 aliphatic rings. The van der Waals surface area contributed by atoms with Crippen LogP contribution in [0.3, 0.4) is 0 Å². The summed E-state index contributed by atoms with van der Waals surface area (Å²) >= 11 is 2.94. The molecular formula is C12H16BrFN2O3. The highest BCUT2D eigenvalue weighted by Gasteiger charge is 2.20. The van der Waals surface area contributed by atoms with E-state index < -0.39 is 10.7 Å². The number of anilines is 1. The number of benzene rings is 1. The first kappa shape index (κ1) is 15.8. The van der Waals surface area contributed by atoms with E-state index in [1.165, 1.54) is 0 Å². The van der Waals surface area contributed by atoms with Gasteiger partial charge < -0.3 is 10.1 Å². The molecule has 5 nitrogen and oxygen atoms in total. The molecule has 1 atom stereocenters. The molecule has 1 unspecified atom stereocenters. The van der Waals surface area contributed by atoms with Gasteiger partial charge in [0.2, 0.25) is 0 Å². The summed E-state index contributed by atoms with van der Waals surface area (Å²) in [5.74, 6) is -0.541. The molecule has 106 valence electrons. The predicted octanol–water partition coefficient (Wildman–Crippen LogP) is 3.72. The minimum absolute atomic E-state index is 0.0727. The molecule has 0 spiro atoms. The van der Waals surface area contributed by atoms with Crippen LogP contribution < -0.4 is 5.32 Å². The number of nitro groups is 1. The summed E-state index contributed by atoms with van der Waals surface area (Å²) in [4.78, 5) is 10.4. The molecule has 0 heterocycles. The fraction of sp³-hybridized carbons (Fsp3) is 0.500. The average Bonchev–Trinajstić information content (AvgIpc) is 2.33. The van der Waals surface area contributed by atoms with Crippen molar-refractivity contribution < 1.29 is 14.1 Å². The summed E-state index contributed by atoms with van der Waals surface area (Å²) < 4.78 is 18.6. The zero-order chi connectivity index (χ0) is 14.4. The highest BCUT2D eigenvalue weighted by molar-refractivity contribution is 9.10. The SMILES string of the molecule is CCCC(COC)Nc1cc(F)c(Br)cc1[N+](=O)[O-]. The van der Waals surface area contributed by atoms with Crippen LogP contribution in [0.25, 0.3) is 0 Å². The van der Waals surface area contributed by atoms with E-state index in [0.29, 0.717) is 6.61 Å². The minimum Gasteiger partial charge on any atom is -0.383 e. The van der Waals surface area contributed by atoms with Crippen molar-refractivity contribution in [3.8, 4) is 0 Å². The minimum atomic E-state index is -0.541. The zero-order valence-electron chi connectivity index (χ0n) is 10.8. The molecule has 1 N–H and O–H groups in total. The second-order valence-corrected chi connectivity index (χ2v) is 4.98. The van der Waals surface area contributed by atoms with Crippen LogP contribution in [0.4, 0.5) is 15.8 Å². The summed E-state index contributed by atoms with van der Waals surface area (Å²) in [6, 6.07) is 2.20. The smallest absolute Gasteiger partial charge is 0.293 e. The molecule has 7 heteroatoms. The lowest BCUT2D eigenvalue weighted by molar-refractivity contribution is -0.384. The van der Waals surface area contributed by atoms with Crippen LogP contribution in [-0.2, 0) is 4.74 Å². The van der Waals surface area contributed by atoms with E-state index in [1.807, 2.05) is 6.92 Å². The van der Waals surface area contributed by atoms with Gasteiger partial charge in [0.05, 0.1) is 16.0 Å². The molecule has 0 aliphatic heterocycles. The van der Waals surface area contributed by atoms with E-state index in [0.717, 1.165) is 25.0 Å². The van der Waals surface area contributed by atoms with Gasteiger partial charge >= 0.3 is 0 Å². The Morgan fingerprint density at radius 2 is 2.26 bits per heavy atom. The predicted molar refractivity (Wildman–Crippen MR) is 74.9 cm³/mol. The normalized spacial score (nSPS) is 12.2. The first-order valence-corrected chi connectivity index (χ1v) is 6.67. The van der Waals surface area contributed by atoms with E-state index in [2.05, 4.69) is 21.2 Å². The Bertz CT molecular complexity index is 451. The molecule has 1 rings (SSSR count). The molecule has 0 saturated carbocycles. The molecule has 0 saturated heterocycles. The third-order valence-electron chi connectivity index (χ3n) is 2.60. The van der Waals surface area contributed by atoms with Crippen molar-refractivity contribution in [3.05, 3.63) is 32.5 Å². The molecule has 0 fully saturated rings. The maximum absolute atomic E-state index is 13.5. The van der Waals surface area contributed by atoms with Crippen LogP contribution in [0.2, 0.25) is 0 Å². The quantitative estimate of drug-likeness (QED) is 0.609. The van der Waals surface area contributed by atoms with Gasteiger partial charge in [-0.15, -0.1) is 0 Å². The van der Waals surface area contributed by atoms with Crippen molar-refractivity contribution in [2.45, 2.75) is 25.8 Å².